The largest absolute Gasteiger partial charge is 0.432 e. The Kier molecular flexibility index (Phi) is 6.90. The number of hydrogen-bond donors (Lipinski definition) is 1. The summed E-state index contributed by atoms with van der Waals surface area (Å²) in [6, 6.07) is 0.857. The van der Waals surface area contributed by atoms with Gasteiger partial charge in [-0.2, -0.15) is 0 Å². The molecule has 0 heterocycles. The number of rotatable bonds is 6. The number of hydrogen-bond acceptors (Lipinski definition) is 2. The van der Waals surface area contributed by atoms with E-state index in [1.54, 1.807) is 0 Å². The van der Waals surface area contributed by atoms with E-state index in [0.717, 1.165) is 24.6 Å². The van der Waals surface area contributed by atoms with Crippen LogP contribution in [0.3, 0.4) is 0 Å². The molecule has 2 radical (unpaired) electrons. The predicted molar refractivity (Wildman–Crippen MR) is 43.0 cm³/mol. The molecule has 3 heteroatoms. The van der Waals surface area contributed by atoms with Crippen LogP contribution in [0.1, 0.15) is 13.3 Å². The van der Waals surface area contributed by atoms with Gasteiger partial charge in [0.25, 0.3) is 0 Å². The van der Waals surface area contributed by atoms with Crippen LogP contribution in [0, 0.1) is 0 Å². The monoisotopic (exact) mass is 158 g/mol. The van der Waals surface area contributed by atoms with E-state index in [1.807, 2.05) is 6.92 Å². The van der Waals surface area contributed by atoms with E-state index in [9.17, 15) is 0 Å². The van der Waals surface area contributed by atoms with E-state index in [4.69, 9.17) is 9.53 Å². The van der Waals surface area contributed by atoms with Gasteiger partial charge in [-0.05, 0) is 19.4 Å². The topological polar surface area (TPSA) is 29.5 Å². The summed E-state index contributed by atoms with van der Waals surface area (Å²) in [4.78, 5) is 8.43. The van der Waals surface area contributed by atoms with Crippen molar-refractivity contribution in [3.8, 4) is 0 Å². The third kappa shape index (κ3) is 7.88. The molecule has 2 nitrogen and oxygen atoms in total. The van der Waals surface area contributed by atoms with Gasteiger partial charge >= 0.3 is 0 Å². The average Bonchev–Trinajstić information content (AvgIpc) is 1.87. The molecule has 0 aliphatic carbocycles. The maximum atomic E-state index is 8.43. The normalized spacial score (nSPS) is 9.80. The molecule has 0 aliphatic rings. The van der Waals surface area contributed by atoms with Crippen molar-refractivity contribution < 1.29 is 9.53 Å². The van der Waals surface area contributed by atoms with Gasteiger partial charge in [0, 0.05) is 6.61 Å². The summed E-state index contributed by atoms with van der Waals surface area (Å²) < 4.78 is 5.19. The van der Waals surface area contributed by atoms with Crippen LogP contribution in [0.5, 0.6) is 0 Å². The first-order valence-electron chi connectivity index (χ1n) is 3.36. The summed E-state index contributed by atoms with van der Waals surface area (Å²) in [5.41, 5.74) is 1.05. The third-order valence-corrected chi connectivity index (χ3v) is 1.50. The molecular weight excluding hydrogens is 144 g/mol. The van der Waals surface area contributed by atoms with Crippen molar-refractivity contribution in [1.29, 1.82) is 0 Å². The van der Waals surface area contributed by atoms with Gasteiger partial charge in [0.2, 0.25) is 9.76 Å². The van der Waals surface area contributed by atoms with Crippen molar-refractivity contribution in [2.75, 3.05) is 13.2 Å². The SMILES string of the molecule is C=C(C)COCCC[Si]O. The van der Waals surface area contributed by atoms with Crippen LogP contribution in [-0.4, -0.2) is 27.8 Å². The van der Waals surface area contributed by atoms with E-state index < -0.39 is 0 Å². The Morgan fingerprint density at radius 1 is 1.70 bits per heavy atom. The minimum Gasteiger partial charge on any atom is -0.432 e. The zero-order valence-electron chi connectivity index (χ0n) is 6.39. The van der Waals surface area contributed by atoms with E-state index in [2.05, 4.69) is 6.58 Å². The second-order valence-electron chi connectivity index (χ2n) is 2.27. The van der Waals surface area contributed by atoms with Crippen LogP contribution in [0.2, 0.25) is 6.04 Å². The van der Waals surface area contributed by atoms with Crippen LogP contribution < -0.4 is 0 Å². The Morgan fingerprint density at radius 2 is 2.40 bits per heavy atom. The van der Waals surface area contributed by atoms with Crippen LogP contribution >= 0.6 is 0 Å². The second-order valence-corrected chi connectivity index (χ2v) is 3.09. The molecule has 10 heavy (non-hydrogen) atoms. The summed E-state index contributed by atoms with van der Waals surface area (Å²) in [6.45, 7) is 7.02. The molecule has 0 aromatic carbocycles. The van der Waals surface area contributed by atoms with E-state index in [1.165, 1.54) is 0 Å². The fraction of sp³-hybridized carbons (Fsp3) is 0.714. The van der Waals surface area contributed by atoms with Gasteiger partial charge in [-0.3, -0.25) is 0 Å². The molecule has 0 amide bonds. The lowest BCUT2D eigenvalue weighted by Crippen LogP contribution is -1.98. The maximum absolute atomic E-state index is 8.43. The Labute approximate surface area is 64.8 Å². The van der Waals surface area contributed by atoms with Gasteiger partial charge in [0.05, 0.1) is 6.61 Å². The zero-order chi connectivity index (χ0) is 7.82. The van der Waals surface area contributed by atoms with Gasteiger partial charge in [-0.15, -0.1) is 0 Å². The maximum Gasteiger partial charge on any atom is 0.224 e. The average molecular weight is 158 g/mol. The molecular formula is C7H14O2Si. The molecule has 1 N–H and O–H groups in total. The van der Waals surface area contributed by atoms with Crippen LogP contribution in [-0.2, 0) is 4.74 Å². The van der Waals surface area contributed by atoms with Crippen molar-refractivity contribution in [2.45, 2.75) is 19.4 Å². The third-order valence-electron chi connectivity index (χ3n) is 0.926. The van der Waals surface area contributed by atoms with Gasteiger partial charge in [0.1, 0.15) is 0 Å². The second kappa shape index (κ2) is 6.99. The highest BCUT2D eigenvalue weighted by molar-refractivity contribution is 6.25. The Bertz CT molecular complexity index is 93.6. The minimum absolute atomic E-state index is 0.0611. The summed E-state index contributed by atoms with van der Waals surface area (Å²) in [6.07, 6.45) is 0.947. The summed E-state index contributed by atoms with van der Waals surface area (Å²) in [5.74, 6) is 0. The molecule has 0 aromatic rings. The van der Waals surface area contributed by atoms with Gasteiger partial charge in [-0.1, -0.05) is 12.2 Å². The zero-order valence-corrected chi connectivity index (χ0v) is 7.39. The van der Waals surface area contributed by atoms with Crippen LogP contribution in [0.4, 0.5) is 0 Å². The highest BCUT2D eigenvalue weighted by atomic mass is 28.2. The highest BCUT2D eigenvalue weighted by Gasteiger charge is 1.89. The number of ether oxygens (including phenoxy) is 1. The fourth-order valence-electron chi connectivity index (χ4n) is 0.500. The van der Waals surface area contributed by atoms with Crippen molar-refractivity contribution in [3.05, 3.63) is 12.2 Å². The highest BCUT2D eigenvalue weighted by Crippen LogP contribution is 1.92. The Hall–Kier alpha value is -0.123. The molecule has 58 valence electrons. The molecule has 0 atom stereocenters. The lowest BCUT2D eigenvalue weighted by molar-refractivity contribution is 0.156. The Morgan fingerprint density at radius 3 is 2.90 bits per heavy atom. The molecule has 0 rings (SSSR count). The van der Waals surface area contributed by atoms with Gasteiger partial charge in [-0.25, -0.2) is 0 Å². The molecule has 0 bridgehead atoms. The summed E-state index contributed by atoms with van der Waals surface area (Å²) in [5, 5.41) is 0. The van der Waals surface area contributed by atoms with Crippen LogP contribution in [0.25, 0.3) is 0 Å². The lowest BCUT2D eigenvalue weighted by atomic mass is 10.4. The molecule has 0 unspecified atom stereocenters. The van der Waals surface area contributed by atoms with E-state index in [0.29, 0.717) is 6.61 Å². The van der Waals surface area contributed by atoms with Crippen molar-refractivity contribution in [1.82, 2.24) is 0 Å². The van der Waals surface area contributed by atoms with Crippen molar-refractivity contribution in [3.63, 3.8) is 0 Å². The van der Waals surface area contributed by atoms with Gasteiger partial charge < -0.3 is 9.53 Å². The van der Waals surface area contributed by atoms with Gasteiger partial charge in [0.15, 0.2) is 0 Å². The summed E-state index contributed by atoms with van der Waals surface area (Å²) in [7, 11) is 0.0611. The Balaban J connectivity index is 2.84. The van der Waals surface area contributed by atoms with Crippen LogP contribution in [0.15, 0.2) is 12.2 Å². The molecule has 0 saturated heterocycles. The summed E-state index contributed by atoms with van der Waals surface area (Å²) >= 11 is 0. The van der Waals surface area contributed by atoms with E-state index in [-0.39, 0.29) is 9.76 Å². The molecule has 0 spiro atoms. The predicted octanol–water partition coefficient (Wildman–Crippen LogP) is 0.999. The molecule has 0 aromatic heterocycles. The first-order valence-corrected chi connectivity index (χ1v) is 4.52. The molecule has 0 saturated carbocycles. The smallest absolute Gasteiger partial charge is 0.224 e. The molecule has 0 fully saturated rings. The molecule has 0 aliphatic heterocycles. The fourth-order valence-corrected chi connectivity index (χ4v) is 0.802. The van der Waals surface area contributed by atoms with Crippen molar-refractivity contribution >= 4 is 9.76 Å². The first-order chi connectivity index (χ1) is 4.77. The standard InChI is InChI=1S/C7H14O2Si/c1-7(2)6-9-4-3-5-10-8/h8H,1,3-6H2,2H3. The van der Waals surface area contributed by atoms with Crippen molar-refractivity contribution in [2.24, 2.45) is 0 Å². The van der Waals surface area contributed by atoms with E-state index >= 15 is 0 Å². The quantitative estimate of drug-likeness (QED) is 0.355. The lowest BCUT2D eigenvalue weighted by Gasteiger charge is -2.00. The minimum atomic E-state index is 0.0611. The first kappa shape index (κ1) is 9.88.